The first kappa shape index (κ1) is 46.2. The lowest BCUT2D eigenvalue weighted by Gasteiger charge is -2.67. The van der Waals surface area contributed by atoms with E-state index in [0.29, 0.717) is 5.57 Å². The molecule has 0 aromatic heterocycles. The second-order valence-corrected chi connectivity index (χ2v) is 18.5. The fourth-order valence-corrected chi connectivity index (χ4v) is 10.1. The molecule has 3 N–H and O–H groups in total. The van der Waals surface area contributed by atoms with Crippen molar-refractivity contribution in [1.82, 2.24) is 5.32 Å². The number of aliphatic hydroxyl groups is 2. The molecule has 17 nitrogen and oxygen atoms in total. The molecule has 62 heavy (non-hydrogen) atoms. The quantitative estimate of drug-likeness (QED) is 0.128. The number of rotatable bonds is 10. The highest BCUT2D eigenvalue weighted by atomic mass is 16.8. The first-order valence-electron chi connectivity index (χ1n) is 20.6. The number of alkyl carbamates (subject to hydrolysis) is 1. The van der Waals surface area contributed by atoms with Gasteiger partial charge in [-0.3, -0.25) is 9.59 Å². The highest BCUT2D eigenvalue weighted by Gasteiger charge is 2.83. The predicted octanol–water partition coefficient (Wildman–Crippen LogP) is 4.36. The minimum atomic E-state index is -2.18. The zero-order chi connectivity index (χ0) is 45.9. The molecule has 2 saturated heterocycles. The Balaban J connectivity index is 1.63. The topological polar surface area (TPSA) is 229 Å². The number of benzene rings is 1. The SMILES string of the molecule is C/C=C/C(=O)O[C@H]1C(=O)[C@@]2(C)C([C@H](Oc3ccccc3)[C@]34OC(=O)O[C@H]3[C@H](OC(=O)[C@H](O)[C@H](C=C(C)C)NC(=O)OC(C)(C)C)C(C)=C1C4(C)C)[C@]1(OC(C)=O)COC1C[C@@H]2O. The summed E-state index contributed by atoms with van der Waals surface area (Å²) >= 11 is 0. The number of Topliss-reactive ketones (excluding diaryl/α,β-unsaturated/α-hetero) is 1. The van der Waals surface area contributed by atoms with E-state index in [-0.39, 0.29) is 29.9 Å². The Bertz CT molecular complexity index is 2080. The molecule has 1 aromatic carbocycles. The molecule has 2 bridgehead atoms. The van der Waals surface area contributed by atoms with Crippen LogP contribution in [-0.2, 0) is 52.3 Å². The second kappa shape index (κ2) is 16.5. The maximum atomic E-state index is 15.7. The number of allylic oxidation sites excluding steroid dienone is 2. The number of nitrogens with one attached hydrogen (secondary N) is 1. The van der Waals surface area contributed by atoms with E-state index in [9.17, 15) is 34.2 Å². The van der Waals surface area contributed by atoms with Gasteiger partial charge in [0.1, 0.15) is 17.5 Å². The van der Waals surface area contributed by atoms with Gasteiger partial charge in [-0.1, -0.05) is 49.8 Å². The first-order valence-corrected chi connectivity index (χ1v) is 20.6. The maximum Gasteiger partial charge on any atom is 0.509 e. The number of hydrogen-bond acceptors (Lipinski definition) is 16. The van der Waals surface area contributed by atoms with E-state index in [4.69, 9.17) is 37.9 Å². The molecule has 17 heteroatoms. The number of aliphatic hydroxyl groups excluding tert-OH is 2. The first-order chi connectivity index (χ1) is 28.8. The minimum absolute atomic E-state index is 0.0250. The van der Waals surface area contributed by atoms with Crippen molar-refractivity contribution in [2.24, 2.45) is 16.7 Å². The summed E-state index contributed by atoms with van der Waals surface area (Å²) in [5.41, 5.74) is -7.74. The van der Waals surface area contributed by atoms with Gasteiger partial charge in [0.2, 0.25) is 5.60 Å². The molecule has 1 spiro atoms. The summed E-state index contributed by atoms with van der Waals surface area (Å²) in [5.74, 6) is -5.04. The molecule has 5 aliphatic rings. The number of para-hydroxylation sites is 1. The Labute approximate surface area is 360 Å². The van der Waals surface area contributed by atoms with E-state index in [1.165, 1.54) is 32.9 Å². The number of ketones is 1. The fourth-order valence-electron chi connectivity index (χ4n) is 10.1. The van der Waals surface area contributed by atoms with Crippen LogP contribution in [0.25, 0.3) is 0 Å². The van der Waals surface area contributed by atoms with Gasteiger partial charge in [-0.25, -0.2) is 19.2 Å². The van der Waals surface area contributed by atoms with E-state index < -0.39 is 118 Å². The number of carbonyl (C=O) groups is 6. The van der Waals surface area contributed by atoms with E-state index in [2.05, 4.69) is 5.32 Å². The molecule has 3 aliphatic carbocycles. The predicted molar refractivity (Wildman–Crippen MR) is 216 cm³/mol. The van der Waals surface area contributed by atoms with Crippen molar-refractivity contribution in [1.29, 1.82) is 0 Å². The van der Waals surface area contributed by atoms with Crippen molar-refractivity contribution in [2.45, 2.75) is 148 Å². The van der Waals surface area contributed by atoms with Crippen LogP contribution in [0.15, 0.2) is 65.3 Å². The molecule has 2 unspecified atom stereocenters. The average Bonchev–Trinajstić information content (AvgIpc) is 3.52. The van der Waals surface area contributed by atoms with Crippen molar-refractivity contribution in [3.63, 3.8) is 0 Å². The minimum Gasteiger partial charge on any atom is -0.486 e. The number of esters is 3. The third-order valence-corrected chi connectivity index (χ3v) is 12.7. The lowest BCUT2D eigenvalue weighted by Crippen LogP contribution is -2.83. The number of fused-ring (bicyclic) bond motifs is 4. The van der Waals surface area contributed by atoms with Crippen molar-refractivity contribution in [3.05, 3.63) is 65.3 Å². The molecular formula is C45H57NO16. The Morgan fingerprint density at radius 1 is 1.02 bits per heavy atom. The van der Waals surface area contributed by atoms with Gasteiger partial charge in [-0.05, 0) is 78.7 Å². The lowest BCUT2D eigenvalue weighted by atomic mass is 9.44. The zero-order valence-electron chi connectivity index (χ0n) is 36.8. The van der Waals surface area contributed by atoms with Crippen molar-refractivity contribution < 1.29 is 76.9 Å². The van der Waals surface area contributed by atoms with Crippen LogP contribution in [-0.4, -0.2) is 118 Å². The number of amides is 1. The Morgan fingerprint density at radius 3 is 2.24 bits per heavy atom. The largest absolute Gasteiger partial charge is 0.509 e. The van der Waals surface area contributed by atoms with Gasteiger partial charge in [0, 0.05) is 24.8 Å². The Kier molecular flexibility index (Phi) is 12.3. The summed E-state index contributed by atoms with van der Waals surface area (Å²) in [6, 6.07) is 6.94. The second-order valence-electron chi connectivity index (χ2n) is 18.5. The molecule has 1 amide bonds. The summed E-state index contributed by atoms with van der Waals surface area (Å²) in [7, 11) is 0. The number of hydrogen-bond donors (Lipinski definition) is 3. The number of ether oxygens (including phenoxy) is 8. The van der Waals surface area contributed by atoms with Crippen LogP contribution in [0.1, 0.15) is 82.6 Å². The highest BCUT2D eigenvalue weighted by molar-refractivity contribution is 5.96. The molecule has 1 aromatic rings. The van der Waals surface area contributed by atoms with Crippen molar-refractivity contribution in [2.75, 3.05) is 6.61 Å². The molecule has 12 atom stereocenters. The van der Waals surface area contributed by atoms with Crippen LogP contribution < -0.4 is 10.1 Å². The van der Waals surface area contributed by atoms with Crippen LogP contribution in [0, 0.1) is 16.7 Å². The van der Waals surface area contributed by atoms with Gasteiger partial charge in [0.05, 0.1) is 30.1 Å². The van der Waals surface area contributed by atoms with Gasteiger partial charge < -0.3 is 53.4 Å². The molecular weight excluding hydrogens is 810 g/mol. The van der Waals surface area contributed by atoms with Crippen LogP contribution >= 0.6 is 0 Å². The van der Waals surface area contributed by atoms with E-state index in [1.807, 2.05) is 0 Å². The van der Waals surface area contributed by atoms with Gasteiger partial charge >= 0.3 is 30.2 Å². The highest BCUT2D eigenvalue weighted by Crippen LogP contribution is 2.66. The molecule has 0 radical (unpaired) electrons. The van der Waals surface area contributed by atoms with Crippen LogP contribution in [0.5, 0.6) is 5.75 Å². The zero-order valence-corrected chi connectivity index (χ0v) is 36.8. The van der Waals surface area contributed by atoms with E-state index in [1.54, 1.807) is 85.7 Å². The summed E-state index contributed by atoms with van der Waals surface area (Å²) in [4.78, 5) is 83.6. The number of carbonyl (C=O) groups excluding carboxylic acids is 6. The van der Waals surface area contributed by atoms with Crippen LogP contribution in [0.2, 0.25) is 0 Å². The monoisotopic (exact) mass is 867 g/mol. The smallest absolute Gasteiger partial charge is 0.486 e. The van der Waals surface area contributed by atoms with Gasteiger partial charge in [0.25, 0.3) is 0 Å². The normalized spacial score (nSPS) is 34.2. The molecule has 4 fully saturated rings. The third kappa shape index (κ3) is 7.65. The van der Waals surface area contributed by atoms with Crippen LogP contribution in [0.3, 0.4) is 0 Å². The maximum absolute atomic E-state index is 15.7. The van der Waals surface area contributed by atoms with Gasteiger partial charge in [0.15, 0.2) is 41.9 Å². The van der Waals surface area contributed by atoms with Gasteiger partial charge in [-0.15, -0.1) is 0 Å². The standard InChI is InChI=1S/C45H57NO16/c1-12-16-29(49)57-33-30-23(4)32(58-38(52)31(50)26(19-22(2)3)46-39(53)61-41(6,7)8)36-45(42(30,9)10,62-40(54)59-36)37(56-25-17-14-13-15-18-25)34-43(11,35(33)51)27(48)20-28-44(34,21-55-28)60-24(5)47/h12-19,26-28,31-34,36-37,48,50H,20-21H2,1-11H3,(H,46,53)/b16-12+/t26-,27-,28?,31+,32+,33+,34?,36-,37-,43+,44-,45+/m0/s1. The Morgan fingerprint density at radius 2 is 1.68 bits per heavy atom. The molecule has 338 valence electrons. The fraction of sp³-hybridized carbons (Fsp3) is 0.600. The molecule has 6 rings (SSSR count). The van der Waals surface area contributed by atoms with Gasteiger partial charge in [-0.2, -0.15) is 0 Å². The van der Waals surface area contributed by atoms with Crippen molar-refractivity contribution >= 4 is 35.9 Å². The van der Waals surface area contributed by atoms with Crippen molar-refractivity contribution in [3.8, 4) is 5.75 Å². The Hall–Kier alpha value is -5.26. The molecule has 2 heterocycles. The third-order valence-electron chi connectivity index (χ3n) is 12.7. The molecule has 2 aliphatic heterocycles. The summed E-state index contributed by atoms with van der Waals surface area (Å²) in [5, 5.41) is 26.4. The summed E-state index contributed by atoms with van der Waals surface area (Å²) < 4.78 is 49.1. The van der Waals surface area contributed by atoms with E-state index in [0.717, 1.165) is 6.08 Å². The lowest BCUT2D eigenvalue weighted by molar-refractivity contribution is -0.343. The van der Waals surface area contributed by atoms with E-state index >= 15 is 4.79 Å². The summed E-state index contributed by atoms with van der Waals surface area (Å²) in [6.45, 7) is 17.0. The van der Waals surface area contributed by atoms with Crippen LogP contribution in [0.4, 0.5) is 9.59 Å². The summed E-state index contributed by atoms with van der Waals surface area (Å²) in [6.07, 6.45) is -9.81. The average molecular weight is 868 g/mol. The molecule has 2 saturated carbocycles.